The van der Waals surface area contributed by atoms with E-state index >= 15 is 0 Å². The van der Waals surface area contributed by atoms with Gasteiger partial charge in [-0.25, -0.2) is 0 Å². The van der Waals surface area contributed by atoms with Crippen LogP contribution in [0.3, 0.4) is 0 Å². The number of aliphatic carboxylic acids is 15. The van der Waals surface area contributed by atoms with E-state index in [0.717, 1.165) is 104 Å². The molecule has 0 heterocycles. The van der Waals surface area contributed by atoms with Crippen LogP contribution in [-0.4, -0.2) is 611 Å². The van der Waals surface area contributed by atoms with Gasteiger partial charge in [-0.15, -0.1) is 0 Å². The summed E-state index contributed by atoms with van der Waals surface area (Å²) in [5.74, 6) is -16.3. The van der Waals surface area contributed by atoms with Crippen molar-refractivity contribution in [2.45, 2.75) is 104 Å². The summed E-state index contributed by atoms with van der Waals surface area (Å²) in [5, 5.41) is 133. The minimum atomic E-state index is -1.08. The predicted molar refractivity (Wildman–Crippen MR) is 376 cm³/mol. The van der Waals surface area contributed by atoms with Crippen LogP contribution in [0, 0.1) is 0 Å². The molecule has 0 aromatic carbocycles. The molecule has 0 aliphatic heterocycles. The molecule has 42 nitrogen and oxygen atoms in total. The standard InChI is InChI=1S/6C2H8N2.15C2H4O2.5Co.15Na.15H/c6*3-1-2-4;15*1-2(3)4;;;;;;;;;;;;;;;;;;;;;;;;;;;;;;;;;;;/h6*1-4H2;15*1H3,(H,3,4);;;;;;;;;;;;;;;;;;;;;;;;;;;;;;;;;;;/q;;;;;;;;;;;;;;;;;;;;;5*+3;;;;;;;;;;;;;;;;;;;;;;;;;;;;;;/p-15. The molecule has 0 atom stereocenters. The van der Waals surface area contributed by atoms with Crippen LogP contribution in [0.4, 0.5) is 0 Å². The number of carboxylic acids is 15. The summed E-state index contributed by atoms with van der Waals surface area (Å²) < 4.78 is 0. The van der Waals surface area contributed by atoms with Gasteiger partial charge in [0.2, 0.25) is 0 Å². The van der Waals surface area contributed by atoms with Gasteiger partial charge in [0.1, 0.15) is 0 Å². The molecule has 0 saturated heterocycles. The Kier molecular flexibility index (Phi) is 833. The van der Waals surface area contributed by atoms with Crippen LogP contribution in [0.5, 0.6) is 0 Å². The number of carbonyl (C=O) groups is 15. The summed E-state index contributed by atoms with van der Waals surface area (Å²) in [6.45, 7) is 21.7. The van der Waals surface area contributed by atoms with E-state index in [1.165, 1.54) is 0 Å². The number of nitrogens with two attached hydrogens (primary N) is 12. The third kappa shape index (κ3) is 5910. The molecule has 0 amide bonds. The van der Waals surface area contributed by atoms with Crippen LogP contribution < -0.4 is 145 Å². The third-order valence-corrected chi connectivity index (χ3v) is 1.00. The van der Waals surface area contributed by atoms with E-state index in [4.69, 9.17) is 217 Å². The van der Waals surface area contributed by atoms with Crippen molar-refractivity contribution in [3.8, 4) is 0 Å². The first kappa shape index (κ1) is 273. The zero-order valence-electron chi connectivity index (χ0n) is 51.8. The van der Waals surface area contributed by atoms with Gasteiger partial charge in [-0.05, 0) is 104 Å². The number of carbonyl (C=O) groups excluding carboxylic acids is 15. The third-order valence-electron chi connectivity index (χ3n) is 1.00. The SMILES string of the molecule is CC(=O)[O-].CC(=O)[O-].CC(=O)[O-].CC(=O)[O-].CC(=O)[O-].CC(=O)[O-].CC(=O)[O-].CC(=O)[O-].CC(=O)[O-].CC(=O)[O-].CC(=O)[O-].CC(=O)[O-].CC(=O)[O-].CC(=O)[O-].CC(=O)[O-].NCCN.NCCN.NCCN.NCCN.NCCN.NCCN.[Co+3].[Co+3].[Co+3].[Co+3].[Co+3].[NaH].[NaH].[NaH].[NaH].[NaH].[NaH].[NaH].[NaH].[NaH].[NaH].[NaH].[NaH].[NaH].[NaH].[NaH]. The first-order valence-electron chi connectivity index (χ1n) is 21.5. The van der Waals surface area contributed by atoms with Crippen LogP contribution in [0.25, 0.3) is 0 Å². The number of hydrogen-bond donors (Lipinski definition) is 12. The molecule has 0 rings (SSSR count). The van der Waals surface area contributed by atoms with Crippen LogP contribution in [0.15, 0.2) is 0 Å². The number of rotatable bonds is 6. The quantitative estimate of drug-likeness (QED) is 0.110. The van der Waals surface area contributed by atoms with Gasteiger partial charge in [0.05, 0.1) is 0 Å². The molecule has 0 spiro atoms. The van der Waals surface area contributed by atoms with Gasteiger partial charge in [0, 0.05) is 168 Å². The van der Waals surface area contributed by atoms with Gasteiger partial charge in [-0.2, -0.15) is 0 Å². The molecular weight excluding hydrogens is 1790 g/mol. The maximum atomic E-state index is 8.89. The molecule has 24 N–H and O–H groups in total. The van der Waals surface area contributed by atoms with Crippen molar-refractivity contribution in [1.29, 1.82) is 0 Å². The van der Waals surface area contributed by atoms with E-state index in [1.54, 1.807) is 0 Å². The molecule has 0 aromatic rings. The van der Waals surface area contributed by atoms with Gasteiger partial charge in [0.15, 0.2) is 0 Å². The van der Waals surface area contributed by atoms with Crippen molar-refractivity contribution in [3.63, 3.8) is 0 Å². The first-order valence-corrected chi connectivity index (χ1v) is 21.5. The van der Waals surface area contributed by atoms with E-state index in [9.17, 15) is 0 Å². The fourth-order valence-corrected chi connectivity index (χ4v) is 0. The van der Waals surface area contributed by atoms with Crippen molar-refractivity contribution < 1.29 is 232 Å². The van der Waals surface area contributed by atoms with Gasteiger partial charge >= 0.3 is 527 Å². The van der Waals surface area contributed by atoms with Gasteiger partial charge in [-0.3, -0.25) is 0 Å². The summed E-state index contributed by atoms with van der Waals surface area (Å²) in [6.07, 6.45) is 0. The molecule has 0 aliphatic rings. The summed E-state index contributed by atoms with van der Waals surface area (Å²) in [5.41, 5.74) is 58.8. The molecule has 0 aliphatic carbocycles. The minimum absolute atomic E-state index is 0. The normalized spacial score (nSPS) is 5.34. The van der Waals surface area contributed by atoms with Gasteiger partial charge in [-0.1, -0.05) is 0 Å². The van der Waals surface area contributed by atoms with Crippen molar-refractivity contribution >= 4 is 533 Å². The summed E-state index contributed by atoms with van der Waals surface area (Å²) >= 11 is 0. The van der Waals surface area contributed by atoms with E-state index in [-0.39, 0.29) is 527 Å². The van der Waals surface area contributed by atoms with Crippen molar-refractivity contribution in [1.82, 2.24) is 0 Å². The zero-order chi connectivity index (χ0) is 74.1. The zero-order valence-corrected chi connectivity index (χ0v) is 57.0. The molecule has 0 aromatic heterocycles. The molecule has 0 radical (unpaired) electrons. The average molecular weight is 1900 g/mol. The van der Waals surface area contributed by atoms with Crippen molar-refractivity contribution in [3.05, 3.63) is 0 Å². The molecule has 0 bridgehead atoms. The Hall–Kier alpha value is 9.10. The topological polar surface area (TPSA) is 914 Å². The average Bonchev–Trinajstić information content (AvgIpc) is 3.24. The molecule has 576 valence electrons. The van der Waals surface area contributed by atoms with Gasteiger partial charge in [0.25, 0.3) is 0 Å². The van der Waals surface area contributed by atoms with Crippen LogP contribution in [-0.2, 0) is 156 Å². The van der Waals surface area contributed by atoms with Crippen LogP contribution in [0.1, 0.15) is 104 Å². The van der Waals surface area contributed by atoms with E-state index < -0.39 is 89.5 Å². The van der Waals surface area contributed by atoms with Crippen LogP contribution >= 0.6 is 0 Å². The Labute approximate surface area is 996 Å². The number of carboxylic acid groups (broad SMARTS) is 15. The monoisotopic (exact) mass is 1900 g/mol. The summed E-state index contributed by atoms with van der Waals surface area (Å²) in [7, 11) is 0. The molecule has 0 fully saturated rings. The summed E-state index contributed by atoms with van der Waals surface area (Å²) in [4.78, 5) is 133. The fourth-order valence-electron chi connectivity index (χ4n) is 0. The maximum absolute atomic E-state index is 8.89. The van der Waals surface area contributed by atoms with E-state index in [0.29, 0.717) is 78.5 Å². The van der Waals surface area contributed by atoms with E-state index in [1.807, 2.05) is 0 Å². The molecule has 104 heavy (non-hydrogen) atoms. The Morgan fingerprint density at radius 1 is 0.135 bits per heavy atom. The molecule has 0 saturated carbocycles. The second-order valence-electron chi connectivity index (χ2n) is 10.8. The Balaban J connectivity index is -0.0000000102. The Morgan fingerprint density at radius 3 is 0.144 bits per heavy atom. The first-order chi connectivity index (χ1) is 37.5. The Morgan fingerprint density at radius 2 is 0.144 bits per heavy atom. The van der Waals surface area contributed by atoms with Crippen LogP contribution in [0.2, 0.25) is 0 Å². The molecular formula is C42H108Co5N12Na15O30. The van der Waals surface area contributed by atoms with Crippen molar-refractivity contribution in [2.24, 2.45) is 68.8 Å². The van der Waals surface area contributed by atoms with Gasteiger partial charge < -0.3 is 217 Å². The fraction of sp³-hybridized carbons (Fsp3) is 0.643. The van der Waals surface area contributed by atoms with E-state index in [2.05, 4.69) is 0 Å². The number of hydrogen-bond acceptors (Lipinski definition) is 42. The second kappa shape index (κ2) is 317. The van der Waals surface area contributed by atoms with Crippen molar-refractivity contribution in [2.75, 3.05) is 78.5 Å². The predicted octanol–water partition coefficient (Wildman–Crippen LogP) is -35.0. The molecule has 62 heteroatoms. The summed E-state index contributed by atoms with van der Waals surface area (Å²) in [6, 6.07) is 0. The Bertz CT molecular complexity index is 1060. The molecule has 0 unspecified atom stereocenters. The second-order valence-corrected chi connectivity index (χ2v) is 10.8.